The number of rotatable bonds is 6. The summed E-state index contributed by atoms with van der Waals surface area (Å²) in [5.74, 6) is 0.485. The molecule has 0 unspecified atom stereocenters. The number of halogens is 1. The van der Waals surface area contributed by atoms with Crippen LogP contribution < -0.4 is 10.1 Å². The summed E-state index contributed by atoms with van der Waals surface area (Å²) in [5, 5.41) is 4.68. The zero-order valence-corrected chi connectivity index (χ0v) is 18.0. The van der Waals surface area contributed by atoms with E-state index in [4.69, 9.17) is 16.3 Å². The summed E-state index contributed by atoms with van der Waals surface area (Å²) in [6.45, 7) is 1.38. The molecule has 0 radical (unpaired) electrons. The molecule has 2 N–H and O–H groups in total. The first-order valence-corrected chi connectivity index (χ1v) is 10.5. The van der Waals surface area contributed by atoms with Gasteiger partial charge >= 0.3 is 0 Å². The lowest BCUT2D eigenvalue weighted by molar-refractivity contribution is -0.115. The Morgan fingerprint density at radius 3 is 3.00 bits per heavy atom. The normalized spacial score (nSPS) is 16.7. The summed E-state index contributed by atoms with van der Waals surface area (Å²) in [6.07, 6.45) is 5.38. The van der Waals surface area contributed by atoms with Gasteiger partial charge in [0.05, 0.1) is 15.6 Å². The van der Waals surface area contributed by atoms with Crippen LogP contribution in [0.25, 0.3) is 17.1 Å². The van der Waals surface area contributed by atoms with Gasteiger partial charge in [0.25, 0.3) is 5.91 Å². The third kappa shape index (κ3) is 4.67. The number of H-pyrrole nitrogens is 1. The lowest BCUT2D eigenvalue weighted by Crippen LogP contribution is -2.19. The van der Waals surface area contributed by atoms with Crippen LogP contribution in [0.1, 0.15) is 5.56 Å². The highest BCUT2D eigenvalue weighted by molar-refractivity contribution is 8.18. The van der Waals surface area contributed by atoms with Gasteiger partial charge in [0.15, 0.2) is 5.17 Å². The molecule has 1 aliphatic heterocycles. The molecule has 3 heterocycles. The monoisotopic (exact) mass is 441 g/mol. The zero-order chi connectivity index (χ0) is 21.1. The summed E-state index contributed by atoms with van der Waals surface area (Å²) >= 11 is 7.63. The number of amidine groups is 1. The maximum absolute atomic E-state index is 12.4. The summed E-state index contributed by atoms with van der Waals surface area (Å²) in [5.41, 5.74) is 2.24. The number of aromatic amines is 1. The standard InChI is InChI=1S/C21H20ClN5O2S/c1-27(2)8-9-29-14-5-6-17(16(22)11-14)25-21-26-20(28)18(30-21)10-13-12-24-19-15(13)4-3-7-23-19/h3-7,10-12H,8-9H2,1-2H3,(H,23,24)(H,25,26,28)/b18-10-. The highest BCUT2D eigenvalue weighted by Crippen LogP contribution is 2.33. The number of hydrogen-bond donors (Lipinski definition) is 2. The third-order valence-electron chi connectivity index (χ3n) is 4.37. The van der Waals surface area contributed by atoms with Crippen molar-refractivity contribution in [2.24, 2.45) is 4.99 Å². The number of fused-ring (bicyclic) bond motifs is 1. The van der Waals surface area contributed by atoms with Crippen molar-refractivity contribution < 1.29 is 9.53 Å². The van der Waals surface area contributed by atoms with Crippen LogP contribution in [0.4, 0.5) is 5.69 Å². The van der Waals surface area contributed by atoms with Crippen molar-refractivity contribution in [2.75, 3.05) is 27.2 Å². The number of benzene rings is 1. The number of nitrogens with zero attached hydrogens (tertiary/aromatic N) is 3. The van der Waals surface area contributed by atoms with E-state index in [9.17, 15) is 4.79 Å². The molecule has 0 atom stereocenters. The van der Waals surface area contributed by atoms with E-state index in [0.717, 1.165) is 23.1 Å². The Kier molecular flexibility index (Phi) is 6.08. The number of carbonyl (C=O) groups is 1. The lowest BCUT2D eigenvalue weighted by Gasteiger charge is -2.11. The van der Waals surface area contributed by atoms with E-state index in [2.05, 4.69) is 20.3 Å². The lowest BCUT2D eigenvalue weighted by atomic mass is 10.2. The molecule has 3 aromatic rings. The average molecular weight is 442 g/mol. The molecular weight excluding hydrogens is 422 g/mol. The molecule has 0 aliphatic carbocycles. The number of ether oxygens (including phenoxy) is 1. The van der Waals surface area contributed by atoms with E-state index in [0.29, 0.717) is 33.1 Å². The number of thioether (sulfide) groups is 1. The molecule has 7 nitrogen and oxygen atoms in total. The summed E-state index contributed by atoms with van der Waals surface area (Å²) in [4.78, 5) is 26.8. The fourth-order valence-electron chi connectivity index (χ4n) is 2.84. The number of hydrogen-bond acceptors (Lipinski definition) is 6. The molecule has 1 aliphatic rings. The number of amides is 1. The SMILES string of the molecule is CN(C)CCOc1ccc(/N=C2/NC(=O)/C(=C/c3c[nH]c4ncccc34)S2)c(Cl)c1. The molecule has 0 spiro atoms. The number of aromatic nitrogens is 2. The summed E-state index contributed by atoms with van der Waals surface area (Å²) in [7, 11) is 3.97. The Morgan fingerprint density at radius 2 is 2.20 bits per heavy atom. The second kappa shape index (κ2) is 8.91. The Labute approximate surface area is 183 Å². The van der Waals surface area contributed by atoms with Crippen molar-refractivity contribution in [1.82, 2.24) is 20.2 Å². The number of nitrogens with one attached hydrogen (secondary N) is 2. The number of aliphatic imine (C=N–C) groups is 1. The van der Waals surface area contributed by atoms with E-state index in [1.54, 1.807) is 18.3 Å². The quantitative estimate of drug-likeness (QED) is 0.564. The van der Waals surface area contributed by atoms with Crippen LogP contribution in [0.3, 0.4) is 0 Å². The van der Waals surface area contributed by atoms with Crippen molar-refractivity contribution >= 4 is 57.2 Å². The van der Waals surface area contributed by atoms with Crippen LogP contribution in [0.2, 0.25) is 5.02 Å². The Bertz CT molecular complexity index is 1160. The highest BCUT2D eigenvalue weighted by atomic mass is 35.5. The predicted molar refractivity (Wildman–Crippen MR) is 122 cm³/mol. The van der Waals surface area contributed by atoms with E-state index in [1.807, 2.05) is 49.5 Å². The molecule has 4 rings (SSSR count). The maximum atomic E-state index is 12.4. The van der Waals surface area contributed by atoms with Gasteiger partial charge in [-0.05, 0) is 56.2 Å². The van der Waals surface area contributed by atoms with Crippen molar-refractivity contribution in [3.8, 4) is 5.75 Å². The topological polar surface area (TPSA) is 82.6 Å². The molecule has 1 saturated heterocycles. The molecule has 154 valence electrons. The number of pyridine rings is 1. The van der Waals surface area contributed by atoms with E-state index >= 15 is 0 Å². The smallest absolute Gasteiger partial charge is 0.264 e. The van der Waals surface area contributed by atoms with Gasteiger partial charge < -0.3 is 19.9 Å². The van der Waals surface area contributed by atoms with Gasteiger partial charge in [-0.15, -0.1) is 0 Å². The van der Waals surface area contributed by atoms with E-state index in [1.165, 1.54) is 11.8 Å². The summed E-state index contributed by atoms with van der Waals surface area (Å²) < 4.78 is 5.68. The first-order valence-electron chi connectivity index (χ1n) is 9.28. The van der Waals surface area contributed by atoms with Crippen molar-refractivity contribution in [2.45, 2.75) is 0 Å². The van der Waals surface area contributed by atoms with Crippen LogP contribution in [-0.4, -0.2) is 53.2 Å². The molecule has 2 aromatic heterocycles. The minimum absolute atomic E-state index is 0.197. The molecule has 1 fully saturated rings. The van der Waals surface area contributed by atoms with Gasteiger partial charge in [-0.3, -0.25) is 4.79 Å². The molecule has 30 heavy (non-hydrogen) atoms. The van der Waals surface area contributed by atoms with Gasteiger partial charge in [0.1, 0.15) is 18.0 Å². The van der Waals surface area contributed by atoms with Crippen molar-refractivity contribution in [3.63, 3.8) is 0 Å². The fraction of sp³-hybridized carbons (Fsp3) is 0.190. The van der Waals surface area contributed by atoms with Crippen molar-refractivity contribution in [1.29, 1.82) is 0 Å². The maximum Gasteiger partial charge on any atom is 0.264 e. The Hall–Kier alpha value is -2.81. The van der Waals surface area contributed by atoms with Crippen LogP contribution in [-0.2, 0) is 4.79 Å². The van der Waals surface area contributed by atoms with Crippen LogP contribution in [0.15, 0.2) is 52.6 Å². The number of carbonyl (C=O) groups excluding carboxylic acids is 1. The Morgan fingerprint density at radius 1 is 1.33 bits per heavy atom. The molecule has 0 saturated carbocycles. The van der Waals surface area contributed by atoms with Crippen LogP contribution >= 0.6 is 23.4 Å². The molecule has 0 bridgehead atoms. The highest BCUT2D eigenvalue weighted by Gasteiger charge is 2.24. The van der Waals surface area contributed by atoms with Crippen LogP contribution in [0.5, 0.6) is 5.75 Å². The second-order valence-electron chi connectivity index (χ2n) is 6.89. The first-order chi connectivity index (χ1) is 14.5. The first kappa shape index (κ1) is 20.5. The molecule has 1 aromatic carbocycles. The van der Waals surface area contributed by atoms with Gasteiger partial charge in [-0.2, -0.15) is 0 Å². The molecule has 1 amide bonds. The largest absolute Gasteiger partial charge is 0.492 e. The minimum Gasteiger partial charge on any atom is -0.492 e. The van der Waals surface area contributed by atoms with Crippen molar-refractivity contribution in [3.05, 3.63) is 58.2 Å². The second-order valence-corrected chi connectivity index (χ2v) is 8.33. The van der Waals surface area contributed by atoms with Gasteiger partial charge in [-0.1, -0.05) is 11.6 Å². The van der Waals surface area contributed by atoms with E-state index in [-0.39, 0.29) is 5.91 Å². The zero-order valence-electron chi connectivity index (χ0n) is 16.5. The minimum atomic E-state index is -0.197. The van der Waals surface area contributed by atoms with Gasteiger partial charge in [-0.25, -0.2) is 9.98 Å². The van der Waals surface area contributed by atoms with E-state index < -0.39 is 0 Å². The summed E-state index contributed by atoms with van der Waals surface area (Å²) in [6, 6.07) is 9.15. The molecule has 9 heteroatoms. The van der Waals surface area contributed by atoms with Crippen LogP contribution in [0, 0.1) is 0 Å². The number of likely N-dealkylation sites (N-methyl/N-ethyl adjacent to an activating group) is 1. The fourth-order valence-corrected chi connectivity index (χ4v) is 3.88. The van der Waals surface area contributed by atoms with Gasteiger partial charge in [0.2, 0.25) is 0 Å². The predicted octanol–water partition coefficient (Wildman–Crippen LogP) is 4.05. The third-order valence-corrected chi connectivity index (χ3v) is 5.58. The molecular formula is C21H20ClN5O2S. The average Bonchev–Trinajstić information content (AvgIpc) is 3.27. The Balaban J connectivity index is 1.49. The van der Waals surface area contributed by atoms with Gasteiger partial charge in [0, 0.05) is 36.0 Å².